The molecule has 1 aromatic rings. The number of hydrogen-bond acceptors (Lipinski definition) is 5. The summed E-state index contributed by atoms with van der Waals surface area (Å²) in [5.41, 5.74) is -0.717. The van der Waals surface area contributed by atoms with E-state index in [1.807, 2.05) is 0 Å². The molecule has 1 saturated heterocycles. The van der Waals surface area contributed by atoms with Gasteiger partial charge in [0.2, 0.25) is 5.91 Å². The number of carbonyl (C=O) groups is 2. The lowest BCUT2D eigenvalue weighted by molar-refractivity contribution is -0.384. The molecule has 0 spiro atoms. The Balaban J connectivity index is 2.25. The zero-order valence-electron chi connectivity index (χ0n) is 11.2. The van der Waals surface area contributed by atoms with Crippen molar-refractivity contribution in [3.8, 4) is 0 Å². The molecule has 1 unspecified atom stereocenters. The first-order valence-electron chi connectivity index (χ1n) is 6.26. The molecule has 1 aliphatic heterocycles. The molecule has 1 aliphatic rings. The largest absolute Gasteiger partial charge is 0.304 e. The van der Waals surface area contributed by atoms with Crippen LogP contribution in [0.3, 0.4) is 0 Å². The van der Waals surface area contributed by atoms with Gasteiger partial charge in [0.25, 0.3) is 5.69 Å². The molecule has 0 aromatic heterocycles. The summed E-state index contributed by atoms with van der Waals surface area (Å²) in [6.45, 7) is 1.61. The molecule has 0 radical (unpaired) electrons. The molecule has 1 amide bonds. The Kier molecular flexibility index (Phi) is 4.56. The van der Waals surface area contributed by atoms with Crippen molar-refractivity contribution < 1.29 is 18.9 Å². The molecule has 0 bridgehead atoms. The van der Waals surface area contributed by atoms with E-state index in [0.29, 0.717) is 5.75 Å². The molecule has 8 heteroatoms. The van der Waals surface area contributed by atoms with Gasteiger partial charge >= 0.3 is 0 Å². The number of nitro groups is 1. The van der Waals surface area contributed by atoms with E-state index < -0.39 is 16.4 Å². The Morgan fingerprint density at radius 1 is 1.57 bits per heavy atom. The lowest BCUT2D eigenvalue weighted by Gasteiger charge is -2.17. The van der Waals surface area contributed by atoms with Crippen molar-refractivity contribution in [2.45, 2.75) is 13.3 Å². The molecule has 1 heterocycles. The summed E-state index contributed by atoms with van der Waals surface area (Å²) in [7, 11) is 0. The maximum Gasteiger partial charge on any atom is 0.296 e. The minimum Gasteiger partial charge on any atom is -0.304 e. The van der Waals surface area contributed by atoms with Gasteiger partial charge in [-0.25, -0.2) is 4.39 Å². The van der Waals surface area contributed by atoms with Crippen LogP contribution >= 0.6 is 11.8 Å². The van der Waals surface area contributed by atoms with Crippen LogP contribution < -0.4 is 4.90 Å². The molecule has 0 saturated carbocycles. The van der Waals surface area contributed by atoms with E-state index in [1.54, 1.807) is 0 Å². The van der Waals surface area contributed by atoms with Crippen LogP contribution in [0.4, 0.5) is 15.8 Å². The van der Waals surface area contributed by atoms with E-state index in [9.17, 15) is 24.1 Å². The van der Waals surface area contributed by atoms with Crippen molar-refractivity contribution in [1.29, 1.82) is 0 Å². The number of hydrogen-bond donors (Lipinski definition) is 0. The fraction of sp³-hybridized carbons (Fsp3) is 0.385. The second kappa shape index (κ2) is 6.21. The second-order valence-corrected chi connectivity index (χ2v) is 5.94. The van der Waals surface area contributed by atoms with Gasteiger partial charge in [-0.05, 0) is 12.0 Å². The van der Waals surface area contributed by atoms with Gasteiger partial charge in [0.05, 0.1) is 4.92 Å². The monoisotopic (exact) mass is 312 g/mol. The van der Waals surface area contributed by atoms with Crippen molar-refractivity contribution in [2.75, 3.05) is 17.2 Å². The summed E-state index contributed by atoms with van der Waals surface area (Å²) in [6, 6.07) is 3.50. The van der Waals surface area contributed by atoms with Gasteiger partial charge < -0.3 is 4.90 Å². The van der Waals surface area contributed by atoms with Crippen LogP contribution in [-0.4, -0.2) is 28.2 Å². The molecule has 6 nitrogen and oxygen atoms in total. The molecular formula is C13H13FN2O4S. The van der Waals surface area contributed by atoms with E-state index in [2.05, 4.69) is 0 Å². The Labute approximate surface area is 124 Å². The average molecular weight is 312 g/mol. The molecular weight excluding hydrogens is 299 g/mol. The highest BCUT2D eigenvalue weighted by atomic mass is 32.2. The van der Waals surface area contributed by atoms with Gasteiger partial charge in [-0.15, -0.1) is 0 Å². The fourth-order valence-corrected chi connectivity index (χ4v) is 2.96. The number of halogens is 1. The van der Waals surface area contributed by atoms with Crippen LogP contribution in [0.1, 0.15) is 13.3 Å². The number of anilines is 1. The smallest absolute Gasteiger partial charge is 0.296 e. The maximum atomic E-state index is 13.9. The van der Waals surface area contributed by atoms with Gasteiger partial charge in [0.1, 0.15) is 0 Å². The SMILES string of the molecule is CC(=O)SCC1CC(=O)N(c2c(F)cccc2[N+](=O)[O-])C1. The first kappa shape index (κ1) is 15.4. The van der Waals surface area contributed by atoms with Crippen LogP contribution in [0.15, 0.2) is 18.2 Å². The molecule has 1 atom stereocenters. The molecule has 1 aromatic carbocycles. The number of rotatable bonds is 4. The van der Waals surface area contributed by atoms with E-state index in [4.69, 9.17) is 0 Å². The average Bonchev–Trinajstić information content (AvgIpc) is 2.77. The fourth-order valence-electron chi connectivity index (χ4n) is 2.26. The summed E-state index contributed by atoms with van der Waals surface area (Å²) in [4.78, 5) is 34.3. The molecule has 112 valence electrons. The number of carbonyl (C=O) groups excluding carboxylic acids is 2. The molecule has 21 heavy (non-hydrogen) atoms. The predicted octanol–water partition coefficient (Wildman–Crippen LogP) is 2.37. The van der Waals surface area contributed by atoms with Crippen molar-refractivity contribution >= 4 is 34.2 Å². The minimum absolute atomic E-state index is 0.0576. The van der Waals surface area contributed by atoms with Gasteiger partial charge in [-0.3, -0.25) is 19.7 Å². The molecule has 1 fully saturated rings. The lowest BCUT2D eigenvalue weighted by atomic mass is 10.1. The van der Waals surface area contributed by atoms with Crippen molar-refractivity contribution in [1.82, 2.24) is 0 Å². The van der Waals surface area contributed by atoms with Gasteiger partial charge in [0.15, 0.2) is 16.6 Å². The quantitative estimate of drug-likeness (QED) is 0.630. The lowest BCUT2D eigenvalue weighted by Crippen LogP contribution is -2.26. The number of nitro benzene ring substituents is 1. The highest BCUT2D eigenvalue weighted by Gasteiger charge is 2.36. The van der Waals surface area contributed by atoms with Crippen LogP contribution in [0, 0.1) is 21.8 Å². The van der Waals surface area contributed by atoms with E-state index in [-0.39, 0.29) is 35.6 Å². The van der Waals surface area contributed by atoms with Crippen molar-refractivity contribution in [2.24, 2.45) is 5.92 Å². The summed E-state index contributed by atoms with van der Waals surface area (Å²) >= 11 is 1.10. The van der Waals surface area contributed by atoms with Crippen LogP contribution in [-0.2, 0) is 9.59 Å². The number of para-hydroxylation sites is 1. The van der Waals surface area contributed by atoms with Gasteiger partial charge in [-0.1, -0.05) is 17.8 Å². The summed E-state index contributed by atoms with van der Waals surface area (Å²) in [5, 5.41) is 10.9. The third kappa shape index (κ3) is 3.38. The number of nitrogens with zero attached hydrogens (tertiary/aromatic N) is 2. The Bertz CT molecular complexity index is 608. The summed E-state index contributed by atoms with van der Waals surface area (Å²) < 4.78 is 13.9. The van der Waals surface area contributed by atoms with Gasteiger partial charge in [0, 0.05) is 31.7 Å². The van der Waals surface area contributed by atoms with E-state index in [0.717, 1.165) is 22.7 Å². The standard InChI is InChI=1S/C13H13FN2O4S/c1-8(17)21-7-9-5-12(18)15(6-9)13-10(14)3-2-4-11(13)16(19)20/h2-4,9H,5-7H2,1H3. The zero-order chi connectivity index (χ0) is 15.6. The third-order valence-electron chi connectivity index (χ3n) is 3.16. The second-order valence-electron chi connectivity index (χ2n) is 4.74. The van der Waals surface area contributed by atoms with Gasteiger partial charge in [-0.2, -0.15) is 0 Å². The first-order chi connectivity index (χ1) is 9.90. The Morgan fingerprint density at radius 3 is 2.90 bits per heavy atom. The zero-order valence-corrected chi connectivity index (χ0v) is 12.1. The van der Waals surface area contributed by atoms with Crippen LogP contribution in [0.25, 0.3) is 0 Å². The predicted molar refractivity (Wildman–Crippen MR) is 76.7 cm³/mol. The third-order valence-corrected chi connectivity index (χ3v) is 4.20. The number of benzene rings is 1. The number of thioether (sulfide) groups is 1. The highest BCUT2D eigenvalue weighted by Crippen LogP contribution is 2.35. The summed E-state index contributed by atoms with van der Waals surface area (Å²) in [5.74, 6) is -0.833. The summed E-state index contributed by atoms with van der Waals surface area (Å²) in [6.07, 6.45) is 0.159. The van der Waals surface area contributed by atoms with Crippen LogP contribution in [0.5, 0.6) is 0 Å². The highest BCUT2D eigenvalue weighted by molar-refractivity contribution is 8.13. The van der Waals surface area contributed by atoms with E-state index in [1.165, 1.54) is 19.1 Å². The Morgan fingerprint density at radius 2 is 2.29 bits per heavy atom. The first-order valence-corrected chi connectivity index (χ1v) is 7.25. The topological polar surface area (TPSA) is 80.5 Å². The minimum atomic E-state index is -0.794. The van der Waals surface area contributed by atoms with E-state index >= 15 is 0 Å². The molecule has 0 aliphatic carbocycles. The maximum absolute atomic E-state index is 13.9. The molecule has 2 rings (SSSR count). The van der Waals surface area contributed by atoms with Crippen molar-refractivity contribution in [3.63, 3.8) is 0 Å². The molecule has 0 N–H and O–H groups in total. The van der Waals surface area contributed by atoms with Crippen LogP contribution in [0.2, 0.25) is 0 Å². The normalized spacial score (nSPS) is 18.1. The number of amides is 1. The van der Waals surface area contributed by atoms with Crippen molar-refractivity contribution in [3.05, 3.63) is 34.1 Å². The Hall–Kier alpha value is -1.96.